The summed E-state index contributed by atoms with van der Waals surface area (Å²) in [5, 5.41) is 2.08. The Hall–Kier alpha value is -1.35. The molecule has 1 N–H and O–H groups in total. The molecule has 2 atom stereocenters. The van der Waals surface area contributed by atoms with E-state index in [1.807, 2.05) is 39.0 Å². The Labute approximate surface area is 109 Å². The SMILES string of the molecule is CC1NN(c2ccccc2)CC1C(=O)C(C)(C)C. The van der Waals surface area contributed by atoms with Gasteiger partial charge in [-0.05, 0) is 19.1 Å². The second-order valence-electron chi connectivity index (χ2n) is 6.08. The summed E-state index contributed by atoms with van der Waals surface area (Å²) in [7, 11) is 0. The highest BCUT2D eigenvalue weighted by molar-refractivity contribution is 5.87. The van der Waals surface area contributed by atoms with E-state index >= 15 is 0 Å². The van der Waals surface area contributed by atoms with Crippen LogP contribution in [-0.4, -0.2) is 18.4 Å². The van der Waals surface area contributed by atoms with E-state index in [1.165, 1.54) is 0 Å². The van der Waals surface area contributed by atoms with Gasteiger partial charge in [-0.15, -0.1) is 0 Å². The zero-order chi connectivity index (χ0) is 13.3. The summed E-state index contributed by atoms with van der Waals surface area (Å²) in [5.74, 6) is 0.395. The number of carbonyl (C=O) groups is 1. The van der Waals surface area contributed by atoms with Gasteiger partial charge in [0.2, 0.25) is 0 Å². The van der Waals surface area contributed by atoms with Gasteiger partial charge in [0.25, 0.3) is 0 Å². The molecule has 98 valence electrons. The van der Waals surface area contributed by atoms with Crippen molar-refractivity contribution in [2.75, 3.05) is 11.6 Å². The molecule has 18 heavy (non-hydrogen) atoms. The van der Waals surface area contributed by atoms with Gasteiger partial charge in [0.1, 0.15) is 5.78 Å². The molecular formula is C15H22N2O. The van der Waals surface area contributed by atoms with Gasteiger partial charge in [-0.2, -0.15) is 0 Å². The van der Waals surface area contributed by atoms with Crippen LogP contribution in [0.4, 0.5) is 5.69 Å². The largest absolute Gasteiger partial charge is 0.307 e. The number of rotatable bonds is 2. The van der Waals surface area contributed by atoms with Crippen molar-refractivity contribution >= 4 is 11.5 Å². The second kappa shape index (κ2) is 4.73. The van der Waals surface area contributed by atoms with Crippen molar-refractivity contribution in [1.29, 1.82) is 0 Å². The van der Waals surface area contributed by atoms with E-state index in [4.69, 9.17) is 0 Å². The molecule has 0 bridgehead atoms. The van der Waals surface area contributed by atoms with Crippen LogP contribution in [0.15, 0.2) is 30.3 Å². The Morgan fingerprint density at radius 3 is 2.44 bits per heavy atom. The predicted molar refractivity (Wildman–Crippen MR) is 74.3 cm³/mol. The predicted octanol–water partition coefficient (Wildman–Crippen LogP) is 2.63. The van der Waals surface area contributed by atoms with Crippen molar-refractivity contribution in [3.63, 3.8) is 0 Å². The van der Waals surface area contributed by atoms with E-state index in [2.05, 4.69) is 29.5 Å². The molecule has 1 aromatic rings. The van der Waals surface area contributed by atoms with Crippen LogP contribution in [0.3, 0.4) is 0 Å². The number of anilines is 1. The number of ketones is 1. The quantitative estimate of drug-likeness (QED) is 0.870. The third-order valence-electron chi connectivity index (χ3n) is 3.49. The topological polar surface area (TPSA) is 32.3 Å². The fourth-order valence-electron chi connectivity index (χ4n) is 2.40. The Morgan fingerprint density at radius 1 is 1.28 bits per heavy atom. The summed E-state index contributed by atoms with van der Waals surface area (Å²) in [6.45, 7) is 8.81. The number of para-hydroxylation sites is 1. The number of Topliss-reactive ketones (excluding diaryl/α,β-unsaturated/α-hetero) is 1. The average molecular weight is 246 g/mol. The molecule has 1 aliphatic rings. The van der Waals surface area contributed by atoms with Gasteiger partial charge in [-0.25, -0.2) is 5.43 Å². The first-order valence-corrected chi connectivity index (χ1v) is 6.52. The Bertz CT molecular complexity index is 422. The molecular weight excluding hydrogens is 224 g/mol. The lowest BCUT2D eigenvalue weighted by molar-refractivity contribution is -0.130. The van der Waals surface area contributed by atoms with E-state index in [0.29, 0.717) is 5.78 Å². The molecule has 3 heteroatoms. The first-order valence-electron chi connectivity index (χ1n) is 6.52. The molecule has 1 aromatic carbocycles. The molecule has 1 heterocycles. The van der Waals surface area contributed by atoms with Crippen molar-refractivity contribution in [3.05, 3.63) is 30.3 Å². The van der Waals surface area contributed by atoms with Crippen LogP contribution >= 0.6 is 0 Å². The van der Waals surface area contributed by atoms with Gasteiger partial charge < -0.3 is 5.01 Å². The Morgan fingerprint density at radius 2 is 1.89 bits per heavy atom. The van der Waals surface area contributed by atoms with Crippen molar-refractivity contribution < 1.29 is 4.79 Å². The van der Waals surface area contributed by atoms with Crippen LogP contribution in [0.1, 0.15) is 27.7 Å². The fraction of sp³-hybridized carbons (Fsp3) is 0.533. The van der Waals surface area contributed by atoms with Gasteiger partial charge in [-0.1, -0.05) is 39.0 Å². The molecule has 0 spiro atoms. The summed E-state index contributed by atoms with van der Waals surface area (Å²) >= 11 is 0. The number of nitrogens with zero attached hydrogens (tertiary/aromatic N) is 1. The molecule has 0 amide bonds. The van der Waals surface area contributed by atoms with E-state index < -0.39 is 0 Å². The molecule has 0 aromatic heterocycles. The van der Waals surface area contributed by atoms with Crippen molar-refractivity contribution in [3.8, 4) is 0 Å². The summed E-state index contributed by atoms with van der Waals surface area (Å²) in [6, 6.07) is 10.3. The number of benzene rings is 1. The molecule has 3 nitrogen and oxygen atoms in total. The smallest absolute Gasteiger partial charge is 0.144 e. The van der Waals surface area contributed by atoms with Crippen molar-refractivity contribution in [1.82, 2.24) is 5.43 Å². The van der Waals surface area contributed by atoms with Crippen LogP contribution < -0.4 is 10.4 Å². The highest BCUT2D eigenvalue weighted by atomic mass is 16.1. The van der Waals surface area contributed by atoms with Gasteiger partial charge in [0, 0.05) is 18.0 Å². The lowest BCUT2D eigenvalue weighted by atomic mass is 9.81. The molecule has 1 aliphatic heterocycles. The first kappa shape index (κ1) is 13.1. The van der Waals surface area contributed by atoms with Crippen LogP contribution in [0.5, 0.6) is 0 Å². The number of hydrazine groups is 1. The minimum atomic E-state index is -0.271. The highest BCUT2D eigenvalue weighted by Crippen LogP contribution is 2.28. The standard InChI is InChI=1S/C15H22N2O/c1-11-13(14(18)15(2,3)4)10-17(16-11)12-8-6-5-7-9-12/h5-9,11,13,16H,10H2,1-4H3. The molecule has 2 rings (SSSR count). The zero-order valence-electron chi connectivity index (χ0n) is 11.6. The number of hydrogen-bond donors (Lipinski definition) is 1. The zero-order valence-corrected chi connectivity index (χ0v) is 11.6. The second-order valence-corrected chi connectivity index (χ2v) is 6.08. The van der Waals surface area contributed by atoms with E-state index in [9.17, 15) is 4.79 Å². The van der Waals surface area contributed by atoms with Crippen molar-refractivity contribution in [2.24, 2.45) is 11.3 Å². The minimum absolute atomic E-state index is 0.0604. The lowest BCUT2D eigenvalue weighted by Crippen LogP contribution is -2.36. The molecule has 1 saturated heterocycles. The minimum Gasteiger partial charge on any atom is -0.307 e. The maximum Gasteiger partial charge on any atom is 0.144 e. The third kappa shape index (κ3) is 2.56. The summed E-state index contributed by atoms with van der Waals surface area (Å²) in [6.07, 6.45) is 0. The van der Waals surface area contributed by atoms with Gasteiger partial charge >= 0.3 is 0 Å². The molecule has 0 saturated carbocycles. The molecule has 1 fully saturated rings. The van der Waals surface area contributed by atoms with Crippen LogP contribution in [0.25, 0.3) is 0 Å². The number of carbonyl (C=O) groups excluding carboxylic acids is 1. The van der Waals surface area contributed by atoms with Gasteiger partial charge in [-0.3, -0.25) is 4.79 Å². The average Bonchev–Trinajstić information content (AvgIpc) is 2.70. The summed E-state index contributed by atoms with van der Waals surface area (Å²) < 4.78 is 0. The maximum atomic E-state index is 12.4. The summed E-state index contributed by atoms with van der Waals surface area (Å²) in [4.78, 5) is 12.4. The third-order valence-corrected chi connectivity index (χ3v) is 3.49. The molecule has 2 unspecified atom stereocenters. The van der Waals surface area contributed by atoms with E-state index in [1.54, 1.807) is 0 Å². The van der Waals surface area contributed by atoms with Gasteiger partial charge in [0.15, 0.2) is 0 Å². The number of hydrogen-bond acceptors (Lipinski definition) is 3. The summed E-state index contributed by atoms with van der Waals surface area (Å²) in [5.41, 5.74) is 4.23. The fourth-order valence-corrected chi connectivity index (χ4v) is 2.40. The van der Waals surface area contributed by atoms with Crippen molar-refractivity contribution in [2.45, 2.75) is 33.7 Å². The van der Waals surface area contributed by atoms with Crippen LogP contribution in [-0.2, 0) is 4.79 Å². The highest BCUT2D eigenvalue weighted by Gasteiger charge is 2.39. The van der Waals surface area contributed by atoms with E-state index in [-0.39, 0.29) is 17.4 Å². The normalized spacial score (nSPS) is 24.3. The molecule has 0 aliphatic carbocycles. The lowest BCUT2D eigenvalue weighted by Gasteiger charge is -2.22. The van der Waals surface area contributed by atoms with E-state index in [0.717, 1.165) is 12.2 Å². The maximum absolute atomic E-state index is 12.4. The Kier molecular flexibility index (Phi) is 3.44. The van der Waals surface area contributed by atoms with Crippen LogP contribution in [0, 0.1) is 11.3 Å². The number of nitrogens with one attached hydrogen (secondary N) is 1. The van der Waals surface area contributed by atoms with Gasteiger partial charge in [0.05, 0.1) is 11.6 Å². The Balaban J connectivity index is 2.13. The first-order chi connectivity index (χ1) is 8.39. The monoisotopic (exact) mass is 246 g/mol. The molecule has 0 radical (unpaired) electrons. The van der Waals surface area contributed by atoms with Crippen LogP contribution in [0.2, 0.25) is 0 Å².